The fourth-order valence-electron chi connectivity index (χ4n) is 8.75. The van der Waals surface area contributed by atoms with Crippen molar-refractivity contribution in [3.8, 4) is 28.3 Å². The Morgan fingerprint density at radius 2 is 0.981 bits per heavy atom. The summed E-state index contributed by atoms with van der Waals surface area (Å²) in [6.45, 7) is 0. The molecular formula is C50H29N3S. The second-order valence-corrected chi connectivity index (χ2v) is 15.2. The second-order valence-electron chi connectivity index (χ2n) is 14.1. The molecular weight excluding hydrogens is 675 g/mol. The summed E-state index contributed by atoms with van der Waals surface area (Å²) < 4.78 is 3.54. The Morgan fingerprint density at radius 1 is 0.389 bits per heavy atom. The van der Waals surface area contributed by atoms with Crippen molar-refractivity contribution in [2.24, 2.45) is 0 Å². The maximum atomic E-state index is 5.61. The predicted molar refractivity (Wildman–Crippen MR) is 230 cm³/mol. The number of thiophene rings is 1. The summed E-state index contributed by atoms with van der Waals surface area (Å²) in [5.74, 6) is 0.679. The van der Waals surface area contributed by atoms with Gasteiger partial charge in [-0.05, 0) is 67.0 Å². The van der Waals surface area contributed by atoms with Gasteiger partial charge in [-0.2, -0.15) is 0 Å². The van der Waals surface area contributed by atoms with E-state index in [0.29, 0.717) is 5.95 Å². The Bertz CT molecular complexity index is 3500. The van der Waals surface area contributed by atoms with Crippen LogP contribution in [0.2, 0.25) is 0 Å². The van der Waals surface area contributed by atoms with E-state index < -0.39 is 0 Å². The summed E-state index contributed by atoms with van der Waals surface area (Å²) >= 11 is 1.74. The minimum Gasteiger partial charge on any atom is -0.277 e. The van der Waals surface area contributed by atoms with Gasteiger partial charge >= 0.3 is 0 Å². The average Bonchev–Trinajstić information content (AvgIpc) is 3.79. The molecule has 250 valence electrons. The number of benzene rings is 9. The SMILES string of the molecule is c1ccc2cc(-c3ccc(-c4nc(-n5c6ccccc6c6c7ccccc7c7ccc8ccccc8c7c65)nc5sc6ccccc6c45)cc3)ccc2c1. The van der Waals surface area contributed by atoms with E-state index in [4.69, 9.17) is 9.97 Å². The quantitative estimate of drug-likeness (QED) is 0.172. The summed E-state index contributed by atoms with van der Waals surface area (Å²) in [6, 6.07) is 63.6. The highest BCUT2D eigenvalue weighted by molar-refractivity contribution is 7.25. The highest BCUT2D eigenvalue weighted by Gasteiger charge is 2.24. The molecule has 0 N–H and O–H groups in total. The lowest BCUT2D eigenvalue weighted by molar-refractivity contribution is 1.02. The number of rotatable bonds is 3. The maximum absolute atomic E-state index is 5.61. The molecule has 0 saturated heterocycles. The van der Waals surface area contributed by atoms with Gasteiger partial charge in [-0.1, -0.05) is 158 Å². The van der Waals surface area contributed by atoms with Crippen LogP contribution in [0.4, 0.5) is 0 Å². The first-order valence-electron chi connectivity index (χ1n) is 18.3. The first-order chi connectivity index (χ1) is 26.8. The van der Waals surface area contributed by atoms with Crippen molar-refractivity contribution in [2.75, 3.05) is 0 Å². The molecule has 0 unspecified atom stereocenters. The summed E-state index contributed by atoms with van der Waals surface area (Å²) in [5, 5.41) is 14.6. The molecule has 9 aromatic carbocycles. The molecule has 0 saturated carbocycles. The monoisotopic (exact) mass is 703 g/mol. The molecule has 0 aliphatic rings. The Balaban J connectivity index is 1.19. The van der Waals surface area contributed by atoms with Gasteiger partial charge in [-0.25, -0.2) is 9.97 Å². The third-order valence-electron chi connectivity index (χ3n) is 11.2. The summed E-state index contributed by atoms with van der Waals surface area (Å²) in [4.78, 5) is 12.1. The lowest BCUT2D eigenvalue weighted by Gasteiger charge is -2.14. The Hall–Kier alpha value is -6.88. The van der Waals surface area contributed by atoms with E-state index in [1.165, 1.54) is 75.1 Å². The molecule has 0 atom stereocenters. The Morgan fingerprint density at radius 3 is 1.83 bits per heavy atom. The van der Waals surface area contributed by atoms with Crippen molar-refractivity contribution >= 4 is 96.5 Å². The summed E-state index contributed by atoms with van der Waals surface area (Å²) in [6.07, 6.45) is 0. The first kappa shape index (κ1) is 29.7. The number of aromatic nitrogens is 3. The number of para-hydroxylation sites is 1. The zero-order valence-electron chi connectivity index (χ0n) is 29.0. The van der Waals surface area contributed by atoms with Crippen molar-refractivity contribution in [3.05, 3.63) is 176 Å². The molecule has 0 aliphatic carbocycles. The van der Waals surface area contributed by atoms with Crippen LogP contribution in [0.15, 0.2) is 176 Å². The number of hydrogen-bond acceptors (Lipinski definition) is 3. The maximum Gasteiger partial charge on any atom is 0.236 e. The summed E-state index contributed by atoms with van der Waals surface area (Å²) in [5.41, 5.74) is 6.62. The zero-order chi connectivity index (χ0) is 35.3. The molecule has 3 nitrogen and oxygen atoms in total. The fraction of sp³-hybridized carbons (Fsp3) is 0. The minimum absolute atomic E-state index is 0.679. The van der Waals surface area contributed by atoms with Gasteiger partial charge in [0.15, 0.2) is 0 Å². The van der Waals surface area contributed by atoms with Crippen molar-refractivity contribution in [1.29, 1.82) is 0 Å². The van der Waals surface area contributed by atoms with Crippen LogP contribution < -0.4 is 0 Å². The largest absolute Gasteiger partial charge is 0.277 e. The van der Waals surface area contributed by atoms with E-state index in [1.807, 2.05) is 0 Å². The Labute approximate surface area is 314 Å². The highest BCUT2D eigenvalue weighted by Crippen LogP contribution is 2.45. The van der Waals surface area contributed by atoms with E-state index in [2.05, 4.69) is 180 Å². The first-order valence-corrected chi connectivity index (χ1v) is 19.1. The van der Waals surface area contributed by atoms with Crippen LogP contribution in [0.25, 0.3) is 114 Å². The smallest absolute Gasteiger partial charge is 0.236 e. The lowest BCUT2D eigenvalue weighted by atomic mass is 9.93. The topological polar surface area (TPSA) is 30.7 Å². The highest BCUT2D eigenvalue weighted by atomic mass is 32.1. The van der Waals surface area contributed by atoms with E-state index in [-0.39, 0.29) is 0 Å². The van der Waals surface area contributed by atoms with Gasteiger partial charge < -0.3 is 0 Å². The standard InChI is InChI=1S/C50H29N3S/c1-2-13-34-29-35(26-23-30(34)11-1)31-21-24-33(25-22-31)47-46-41-18-8-10-20-43(41)54-49(46)52-50(51-47)53-42-19-9-7-17-40(42)45-38-16-6-5-15-37(38)39-28-27-32-12-3-4-14-36(32)44(39)48(45)53/h1-29H. The van der Waals surface area contributed by atoms with Crippen molar-refractivity contribution in [3.63, 3.8) is 0 Å². The number of nitrogens with zero attached hydrogens (tertiary/aromatic N) is 3. The van der Waals surface area contributed by atoms with E-state index in [9.17, 15) is 0 Å². The van der Waals surface area contributed by atoms with Gasteiger partial charge in [0.25, 0.3) is 0 Å². The second kappa shape index (κ2) is 11.3. The van der Waals surface area contributed by atoms with Gasteiger partial charge in [-0.15, -0.1) is 11.3 Å². The van der Waals surface area contributed by atoms with Crippen LogP contribution in [0.1, 0.15) is 0 Å². The van der Waals surface area contributed by atoms with E-state index in [0.717, 1.165) is 32.5 Å². The van der Waals surface area contributed by atoms with Gasteiger partial charge in [0.05, 0.1) is 16.7 Å². The molecule has 54 heavy (non-hydrogen) atoms. The normalized spacial score (nSPS) is 12.1. The molecule has 0 fully saturated rings. The molecule has 3 aromatic heterocycles. The van der Waals surface area contributed by atoms with Crippen LogP contribution in [0.3, 0.4) is 0 Å². The summed E-state index contributed by atoms with van der Waals surface area (Å²) in [7, 11) is 0. The number of fused-ring (bicyclic) bond motifs is 14. The van der Waals surface area contributed by atoms with Gasteiger partial charge in [0.2, 0.25) is 5.95 Å². The third kappa shape index (κ3) is 4.23. The van der Waals surface area contributed by atoms with Crippen molar-refractivity contribution < 1.29 is 0 Å². The van der Waals surface area contributed by atoms with E-state index >= 15 is 0 Å². The molecule has 0 amide bonds. The van der Waals surface area contributed by atoms with Gasteiger partial charge in [-0.3, -0.25) is 4.57 Å². The molecule has 3 heterocycles. The fourth-order valence-corrected chi connectivity index (χ4v) is 9.83. The molecule has 0 spiro atoms. The van der Waals surface area contributed by atoms with Gasteiger partial charge in [0, 0.05) is 37.2 Å². The average molecular weight is 704 g/mol. The number of hydrogen-bond donors (Lipinski definition) is 0. The third-order valence-corrected chi connectivity index (χ3v) is 12.3. The minimum atomic E-state index is 0.679. The van der Waals surface area contributed by atoms with Crippen molar-refractivity contribution in [2.45, 2.75) is 0 Å². The molecule has 12 aromatic rings. The Kier molecular flexibility index (Phi) is 6.21. The molecule has 12 rings (SSSR count). The molecule has 0 aliphatic heterocycles. The zero-order valence-corrected chi connectivity index (χ0v) is 29.8. The molecule has 0 radical (unpaired) electrons. The predicted octanol–water partition coefficient (Wildman–Crippen LogP) is 13.9. The van der Waals surface area contributed by atoms with E-state index in [1.54, 1.807) is 11.3 Å². The van der Waals surface area contributed by atoms with Crippen molar-refractivity contribution in [1.82, 2.24) is 14.5 Å². The lowest BCUT2D eigenvalue weighted by Crippen LogP contribution is -2.03. The van der Waals surface area contributed by atoms with Crippen LogP contribution in [0, 0.1) is 0 Å². The van der Waals surface area contributed by atoms with Crippen LogP contribution in [-0.2, 0) is 0 Å². The van der Waals surface area contributed by atoms with Gasteiger partial charge in [0.1, 0.15) is 4.83 Å². The van der Waals surface area contributed by atoms with Crippen LogP contribution in [0.5, 0.6) is 0 Å². The van der Waals surface area contributed by atoms with Crippen LogP contribution in [-0.4, -0.2) is 14.5 Å². The van der Waals surface area contributed by atoms with Crippen LogP contribution >= 0.6 is 11.3 Å². The molecule has 0 bridgehead atoms. The molecule has 4 heteroatoms.